The summed E-state index contributed by atoms with van der Waals surface area (Å²) in [5, 5.41) is 14.1. The van der Waals surface area contributed by atoms with Crippen molar-refractivity contribution in [3.63, 3.8) is 0 Å². The van der Waals surface area contributed by atoms with Crippen LogP contribution in [-0.2, 0) is 0 Å². The number of benzene rings is 2. The van der Waals surface area contributed by atoms with Crippen LogP contribution in [0.1, 0.15) is 5.82 Å². The number of fused-ring (bicyclic) bond motifs is 1. The quantitative estimate of drug-likeness (QED) is 0.417. The van der Waals surface area contributed by atoms with Crippen molar-refractivity contribution in [2.24, 2.45) is 0 Å². The molecule has 1 N–H and O–H groups in total. The van der Waals surface area contributed by atoms with Crippen LogP contribution in [0.4, 0.5) is 17.3 Å². The first-order valence-corrected chi connectivity index (χ1v) is 8.44. The third kappa shape index (κ3) is 3.09. The van der Waals surface area contributed by atoms with Crippen LogP contribution in [0.3, 0.4) is 0 Å². The van der Waals surface area contributed by atoms with Gasteiger partial charge in [-0.05, 0) is 31.2 Å². The Bertz CT molecular complexity index is 1190. The number of anilines is 2. The van der Waals surface area contributed by atoms with E-state index in [1.54, 1.807) is 12.3 Å². The molecule has 0 bridgehead atoms. The standard InChI is InChI=1S/C19H16N6O3/c1-12-21-14-5-3-4-6-16(14)24(12)18-9-10-20-19(23-18)22-15-11-13(25(26)27)7-8-17(15)28-2/h3-11H,1-2H3,(H,20,22,23). The highest BCUT2D eigenvalue weighted by Gasteiger charge is 2.14. The first-order valence-electron chi connectivity index (χ1n) is 8.44. The predicted molar refractivity (Wildman–Crippen MR) is 104 cm³/mol. The van der Waals surface area contributed by atoms with Gasteiger partial charge in [-0.2, -0.15) is 4.98 Å². The predicted octanol–water partition coefficient (Wildman–Crippen LogP) is 3.78. The highest BCUT2D eigenvalue weighted by atomic mass is 16.6. The van der Waals surface area contributed by atoms with Crippen molar-refractivity contribution in [3.8, 4) is 11.6 Å². The summed E-state index contributed by atoms with van der Waals surface area (Å²) in [6, 6.07) is 13.8. The van der Waals surface area contributed by atoms with Crippen LogP contribution in [0, 0.1) is 17.0 Å². The smallest absolute Gasteiger partial charge is 0.271 e. The van der Waals surface area contributed by atoms with Crippen molar-refractivity contribution >= 4 is 28.4 Å². The van der Waals surface area contributed by atoms with Gasteiger partial charge in [0.05, 0.1) is 28.8 Å². The number of nitro groups is 1. The minimum atomic E-state index is -0.469. The molecule has 2 aromatic heterocycles. The monoisotopic (exact) mass is 376 g/mol. The molecule has 0 atom stereocenters. The molecule has 0 amide bonds. The number of hydrogen-bond donors (Lipinski definition) is 1. The van der Waals surface area contributed by atoms with Crippen molar-refractivity contribution in [1.29, 1.82) is 0 Å². The van der Waals surface area contributed by atoms with E-state index in [4.69, 9.17) is 4.74 Å². The molecule has 9 nitrogen and oxygen atoms in total. The summed E-state index contributed by atoms with van der Waals surface area (Å²) in [6.45, 7) is 1.90. The van der Waals surface area contributed by atoms with Gasteiger partial charge < -0.3 is 10.1 Å². The molecule has 0 spiro atoms. The van der Waals surface area contributed by atoms with E-state index in [0.717, 1.165) is 16.9 Å². The Morgan fingerprint density at radius 3 is 2.75 bits per heavy atom. The summed E-state index contributed by atoms with van der Waals surface area (Å²) >= 11 is 0. The molecule has 0 aliphatic carbocycles. The number of methoxy groups -OCH3 is 1. The number of nitrogens with zero attached hydrogens (tertiary/aromatic N) is 5. The van der Waals surface area contributed by atoms with Crippen LogP contribution in [0.25, 0.3) is 16.9 Å². The zero-order chi connectivity index (χ0) is 19.7. The third-order valence-electron chi connectivity index (χ3n) is 4.24. The lowest BCUT2D eigenvalue weighted by molar-refractivity contribution is -0.384. The Labute approximate surface area is 159 Å². The molecule has 140 valence electrons. The second-order valence-corrected chi connectivity index (χ2v) is 5.99. The Morgan fingerprint density at radius 2 is 1.96 bits per heavy atom. The molecule has 0 aliphatic rings. The zero-order valence-corrected chi connectivity index (χ0v) is 15.2. The van der Waals surface area contributed by atoms with E-state index in [2.05, 4.69) is 20.3 Å². The number of ether oxygens (including phenoxy) is 1. The van der Waals surface area contributed by atoms with E-state index >= 15 is 0 Å². The molecule has 9 heteroatoms. The van der Waals surface area contributed by atoms with Gasteiger partial charge in [0.15, 0.2) is 0 Å². The van der Waals surface area contributed by atoms with E-state index < -0.39 is 4.92 Å². The van der Waals surface area contributed by atoms with Gasteiger partial charge >= 0.3 is 0 Å². The van der Waals surface area contributed by atoms with Gasteiger partial charge in [0.25, 0.3) is 5.69 Å². The van der Waals surface area contributed by atoms with Crippen molar-refractivity contribution < 1.29 is 9.66 Å². The number of nitro benzene ring substituents is 1. The van der Waals surface area contributed by atoms with Crippen molar-refractivity contribution in [2.45, 2.75) is 6.92 Å². The summed E-state index contributed by atoms with van der Waals surface area (Å²) < 4.78 is 7.20. The summed E-state index contributed by atoms with van der Waals surface area (Å²) in [6.07, 6.45) is 1.61. The van der Waals surface area contributed by atoms with Crippen LogP contribution in [-0.4, -0.2) is 31.6 Å². The van der Waals surface area contributed by atoms with Gasteiger partial charge in [-0.3, -0.25) is 14.7 Å². The molecule has 0 radical (unpaired) electrons. The van der Waals surface area contributed by atoms with E-state index in [-0.39, 0.29) is 11.6 Å². The summed E-state index contributed by atoms with van der Waals surface area (Å²) in [5.74, 6) is 2.16. The molecule has 28 heavy (non-hydrogen) atoms. The van der Waals surface area contributed by atoms with Gasteiger partial charge in [-0.15, -0.1) is 0 Å². The topological polar surface area (TPSA) is 108 Å². The SMILES string of the molecule is COc1ccc([N+](=O)[O-])cc1Nc1nccc(-n2c(C)nc3ccccc32)n1. The molecule has 2 aromatic carbocycles. The Balaban J connectivity index is 1.75. The Morgan fingerprint density at radius 1 is 1.14 bits per heavy atom. The minimum absolute atomic E-state index is 0.0593. The average molecular weight is 376 g/mol. The van der Waals surface area contributed by atoms with E-state index in [1.807, 2.05) is 35.8 Å². The lowest BCUT2D eigenvalue weighted by Crippen LogP contribution is -2.05. The third-order valence-corrected chi connectivity index (χ3v) is 4.24. The van der Waals surface area contributed by atoms with Gasteiger partial charge in [0.2, 0.25) is 5.95 Å². The summed E-state index contributed by atoms with van der Waals surface area (Å²) in [4.78, 5) is 23.9. The molecule has 0 aliphatic heterocycles. The average Bonchev–Trinajstić information content (AvgIpc) is 3.03. The van der Waals surface area contributed by atoms with Crippen LogP contribution >= 0.6 is 0 Å². The van der Waals surface area contributed by atoms with Crippen LogP contribution in [0.15, 0.2) is 54.7 Å². The first-order chi connectivity index (χ1) is 13.6. The molecule has 0 saturated carbocycles. The molecule has 0 unspecified atom stereocenters. The number of para-hydroxylation sites is 2. The van der Waals surface area contributed by atoms with Crippen molar-refractivity contribution in [1.82, 2.24) is 19.5 Å². The van der Waals surface area contributed by atoms with E-state index in [0.29, 0.717) is 17.3 Å². The van der Waals surface area contributed by atoms with Gasteiger partial charge in [-0.25, -0.2) is 9.97 Å². The molecule has 4 rings (SSSR count). The van der Waals surface area contributed by atoms with Gasteiger partial charge in [0, 0.05) is 18.3 Å². The molecule has 0 fully saturated rings. The number of non-ortho nitro benzene ring substituents is 1. The maximum Gasteiger partial charge on any atom is 0.271 e. The molecular weight excluding hydrogens is 360 g/mol. The fourth-order valence-corrected chi connectivity index (χ4v) is 3.00. The fourth-order valence-electron chi connectivity index (χ4n) is 3.00. The summed E-state index contributed by atoms with van der Waals surface area (Å²) in [7, 11) is 1.49. The molecular formula is C19H16N6O3. The Hall–Kier alpha value is -4.01. The second-order valence-electron chi connectivity index (χ2n) is 5.99. The number of nitrogens with one attached hydrogen (secondary N) is 1. The lowest BCUT2D eigenvalue weighted by atomic mass is 10.2. The highest BCUT2D eigenvalue weighted by molar-refractivity contribution is 5.78. The number of hydrogen-bond acceptors (Lipinski definition) is 7. The lowest BCUT2D eigenvalue weighted by Gasteiger charge is -2.11. The minimum Gasteiger partial charge on any atom is -0.495 e. The number of aromatic nitrogens is 4. The van der Waals surface area contributed by atoms with Gasteiger partial charge in [0.1, 0.15) is 17.4 Å². The number of rotatable bonds is 5. The zero-order valence-electron chi connectivity index (χ0n) is 15.2. The van der Waals surface area contributed by atoms with Crippen LogP contribution < -0.4 is 10.1 Å². The maximum absolute atomic E-state index is 11.1. The van der Waals surface area contributed by atoms with Crippen molar-refractivity contribution in [3.05, 3.63) is 70.7 Å². The summed E-state index contributed by atoms with van der Waals surface area (Å²) in [5.41, 5.74) is 2.14. The highest BCUT2D eigenvalue weighted by Crippen LogP contribution is 2.31. The van der Waals surface area contributed by atoms with Crippen molar-refractivity contribution in [2.75, 3.05) is 12.4 Å². The second kappa shape index (κ2) is 6.95. The van der Waals surface area contributed by atoms with Crippen LogP contribution in [0.5, 0.6) is 5.75 Å². The fraction of sp³-hybridized carbons (Fsp3) is 0.105. The molecule has 0 saturated heterocycles. The first kappa shape index (κ1) is 17.4. The van der Waals surface area contributed by atoms with E-state index in [9.17, 15) is 10.1 Å². The molecule has 4 aromatic rings. The largest absolute Gasteiger partial charge is 0.495 e. The normalized spacial score (nSPS) is 10.8. The molecule has 2 heterocycles. The van der Waals surface area contributed by atoms with E-state index in [1.165, 1.54) is 25.3 Å². The number of aryl methyl sites for hydroxylation is 1. The Kier molecular flexibility index (Phi) is 4.32. The maximum atomic E-state index is 11.1. The number of imidazole rings is 1. The van der Waals surface area contributed by atoms with Gasteiger partial charge in [-0.1, -0.05) is 12.1 Å². The van der Waals surface area contributed by atoms with Crippen LogP contribution in [0.2, 0.25) is 0 Å².